The van der Waals surface area contributed by atoms with Gasteiger partial charge in [-0.25, -0.2) is 4.79 Å². The molecule has 5 heteroatoms. The second kappa shape index (κ2) is 10.4. The van der Waals surface area contributed by atoms with E-state index in [0.29, 0.717) is 6.42 Å². The van der Waals surface area contributed by atoms with Crippen molar-refractivity contribution in [3.63, 3.8) is 0 Å². The van der Waals surface area contributed by atoms with Crippen LogP contribution in [0, 0.1) is 0 Å². The van der Waals surface area contributed by atoms with Crippen molar-refractivity contribution in [1.29, 1.82) is 0 Å². The van der Waals surface area contributed by atoms with Crippen LogP contribution in [0.1, 0.15) is 65.9 Å². The second-order valence-electron chi connectivity index (χ2n) is 8.05. The standard InChI is InChI=1S/C21H35NO4/c1-6-7-8-15-25-18-11-9-17(10-12-18)13-14-21(5,16-23)22-19(24)26-20(2,3)4/h9-12,23H,6-8,13-16H2,1-5H3,(H,22,24)/t21-/m1/s1. The highest BCUT2D eigenvalue weighted by Gasteiger charge is 2.28. The van der Waals surface area contributed by atoms with Crippen LogP contribution in [-0.2, 0) is 11.2 Å². The third kappa shape index (κ3) is 9.09. The first kappa shape index (κ1) is 22.3. The van der Waals surface area contributed by atoms with E-state index in [1.165, 1.54) is 12.8 Å². The van der Waals surface area contributed by atoms with E-state index >= 15 is 0 Å². The number of unbranched alkanes of at least 4 members (excludes halogenated alkanes) is 2. The molecule has 0 heterocycles. The van der Waals surface area contributed by atoms with E-state index in [2.05, 4.69) is 12.2 Å². The van der Waals surface area contributed by atoms with E-state index in [-0.39, 0.29) is 6.61 Å². The third-order valence-corrected chi connectivity index (χ3v) is 4.06. The Morgan fingerprint density at radius 2 is 1.77 bits per heavy atom. The van der Waals surface area contributed by atoms with Gasteiger partial charge in [-0.15, -0.1) is 0 Å². The number of rotatable bonds is 10. The van der Waals surface area contributed by atoms with Gasteiger partial charge in [0.2, 0.25) is 0 Å². The molecule has 0 fully saturated rings. The highest BCUT2D eigenvalue weighted by molar-refractivity contribution is 5.68. The highest BCUT2D eigenvalue weighted by atomic mass is 16.6. The van der Waals surface area contributed by atoms with Crippen LogP contribution in [0.2, 0.25) is 0 Å². The van der Waals surface area contributed by atoms with Gasteiger partial charge in [0.05, 0.1) is 18.8 Å². The zero-order valence-corrected chi connectivity index (χ0v) is 16.9. The number of aliphatic hydroxyl groups excluding tert-OH is 1. The molecule has 2 N–H and O–H groups in total. The predicted molar refractivity (Wildman–Crippen MR) is 105 cm³/mol. The summed E-state index contributed by atoms with van der Waals surface area (Å²) in [6, 6.07) is 8.00. The van der Waals surface area contributed by atoms with E-state index in [1.54, 1.807) is 0 Å². The molecule has 0 bridgehead atoms. The SMILES string of the molecule is CCCCCOc1ccc(CC[C@](C)(CO)NC(=O)OC(C)(C)C)cc1. The molecule has 0 radical (unpaired) electrons. The van der Waals surface area contributed by atoms with Gasteiger partial charge in [-0.05, 0) is 64.7 Å². The summed E-state index contributed by atoms with van der Waals surface area (Å²) in [4.78, 5) is 12.0. The van der Waals surface area contributed by atoms with Crippen molar-refractivity contribution in [1.82, 2.24) is 5.32 Å². The predicted octanol–water partition coefficient (Wildman–Crippen LogP) is 4.46. The fourth-order valence-corrected chi connectivity index (χ4v) is 2.45. The molecule has 1 aromatic rings. The first-order valence-corrected chi connectivity index (χ1v) is 9.51. The number of alkyl carbamates (subject to hydrolysis) is 1. The molecule has 0 aliphatic carbocycles. The van der Waals surface area contributed by atoms with Crippen LogP contribution in [-0.4, -0.2) is 35.6 Å². The maximum absolute atomic E-state index is 12.0. The molecule has 0 unspecified atom stereocenters. The molecule has 5 nitrogen and oxygen atoms in total. The molecule has 0 saturated heterocycles. The van der Waals surface area contributed by atoms with Gasteiger partial charge < -0.3 is 19.9 Å². The van der Waals surface area contributed by atoms with Crippen LogP contribution in [0.15, 0.2) is 24.3 Å². The molecule has 1 amide bonds. The number of hydrogen-bond donors (Lipinski definition) is 2. The van der Waals surface area contributed by atoms with Crippen molar-refractivity contribution < 1.29 is 19.4 Å². The summed E-state index contributed by atoms with van der Waals surface area (Å²) >= 11 is 0. The Morgan fingerprint density at radius 1 is 1.12 bits per heavy atom. The number of benzene rings is 1. The van der Waals surface area contributed by atoms with E-state index in [1.807, 2.05) is 52.0 Å². The van der Waals surface area contributed by atoms with E-state index in [4.69, 9.17) is 9.47 Å². The minimum absolute atomic E-state index is 0.148. The lowest BCUT2D eigenvalue weighted by Crippen LogP contribution is -2.50. The third-order valence-electron chi connectivity index (χ3n) is 4.06. The first-order chi connectivity index (χ1) is 12.2. The van der Waals surface area contributed by atoms with E-state index in [9.17, 15) is 9.90 Å². The summed E-state index contributed by atoms with van der Waals surface area (Å²) in [5.74, 6) is 0.877. The van der Waals surface area contributed by atoms with Gasteiger partial charge in [-0.1, -0.05) is 31.9 Å². The van der Waals surface area contributed by atoms with Crippen molar-refractivity contribution in [2.45, 2.75) is 77.9 Å². The fourth-order valence-electron chi connectivity index (χ4n) is 2.45. The minimum Gasteiger partial charge on any atom is -0.494 e. The lowest BCUT2D eigenvalue weighted by atomic mass is 9.94. The van der Waals surface area contributed by atoms with Crippen molar-refractivity contribution in [2.24, 2.45) is 0 Å². The number of aliphatic hydroxyl groups is 1. The summed E-state index contributed by atoms with van der Waals surface area (Å²) in [7, 11) is 0. The molecule has 26 heavy (non-hydrogen) atoms. The summed E-state index contributed by atoms with van der Waals surface area (Å²) in [6.07, 6.45) is 4.28. The molecular formula is C21H35NO4. The van der Waals surface area contributed by atoms with Gasteiger partial charge in [0, 0.05) is 0 Å². The normalized spacial score (nSPS) is 13.8. The number of carbonyl (C=O) groups excluding carboxylic acids is 1. The number of aryl methyl sites for hydroxylation is 1. The van der Waals surface area contributed by atoms with Gasteiger partial charge in [-0.2, -0.15) is 0 Å². The molecule has 1 atom stereocenters. The Hall–Kier alpha value is -1.75. The van der Waals surface area contributed by atoms with Crippen LogP contribution < -0.4 is 10.1 Å². The molecule has 0 aliphatic heterocycles. The zero-order chi connectivity index (χ0) is 19.6. The monoisotopic (exact) mass is 365 g/mol. The van der Waals surface area contributed by atoms with Crippen molar-refractivity contribution in [3.8, 4) is 5.75 Å². The largest absolute Gasteiger partial charge is 0.494 e. The Balaban J connectivity index is 2.50. The molecule has 148 valence electrons. The number of nitrogens with one attached hydrogen (secondary N) is 1. The van der Waals surface area contributed by atoms with Gasteiger partial charge in [-0.3, -0.25) is 0 Å². The lowest BCUT2D eigenvalue weighted by molar-refractivity contribution is 0.0407. The van der Waals surface area contributed by atoms with Crippen LogP contribution in [0.25, 0.3) is 0 Å². The molecule has 0 spiro atoms. The van der Waals surface area contributed by atoms with Gasteiger partial charge in [0.25, 0.3) is 0 Å². The Morgan fingerprint density at radius 3 is 2.31 bits per heavy atom. The molecule has 1 aromatic carbocycles. The summed E-state index contributed by atoms with van der Waals surface area (Å²) in [5.41, 5.74) is -0.151. The summed E-state index contributed by atoms with van der Waals surface area (Å²) < 4.78 is 11.0. The zero-order valence-electron chi connectivity index (χ0n) is 16.9. The van der Waals surface area contributed by atoms with Gasteiger partial charge in [0.15, 0.2) is 0 Å². The second-order valence-corrected chi connectivity index (χ2v) is 8.05. The fraction of sp³-hybridized carbons (Fsp3) is 0.667. The first-order valence-electron chi connectivity index (χ1n) is 9.51. The van der Waals surface area contributed by atoms with Gasteiger partial charge in [0.1, 0.15) is 11.4 Å². The lowest BCUT2D eigenvalue weighted by Gasteiger charge is -2.30. The summed E-state index contributed by atoms with van der Waals surface area (Å²) in [6.45, 7) is 10.0. The number of amides is 1. The van der Waals surface area contributed by atoms with Crippen LogP contribution in [0.4, 0.5) is 4.79 Å². The van der Waals surface area contributed by atoms with Crippen LogP contribution in [0.3, 0.4) is 0 Å². The maximum Gasteiger partial charge on any atom is 0.408 e. The van der Waals surface area contributed by atoms with Crippen LogP contribution >= 0.6 is 0 Å². The molecule has 0 aromatic heterocycles. The maximum atomic E-state index is 12.0. The van der Waals surface area contributed by atoms with Crippen molar-refractivity contribution in [2.75, 3.05) is 13.2 Å². The van der Waals surface area contributed by atoms with Gasteiger partial charge >= 0.3 is 6.09 Å². The number of ether oxygens (including phenoxy) is 2. The average molecular weight is 366 g/mol. The Kier molecular flexibility index (Phi) is 8.93. The van der Waals surface area contributed by atoms with E-state index in [0.717, 1.165) is 30.8 Å². The molecule has 1 rings (SSSR count). The Bertz CT molecular complexity index is 536. The highest BCUT2D eigenvalue weighted by Crippen LogP contribution is 2.18. The molecule has 0 saturated carbocycles. The number of hydrogen-bond acceptors (Lipinski definition) is 4. The summed E-state index contributed by atoms with van der Waals surface area (Å²) in [5, 5.41) is 12.5. The number of carbonyl (C=O) groups is 1. The molecule has 0 aliphatic rings. The topological polar surface area (TPSA) is 67.8 Å². The van der Waals surface area contributed by atoms with Crippen molar-refractivity contribution in [3.05, 3.63) is 29.8 Å². The quantitative estimate of drug-likeness (QED) is 0.601. The Labute approximate surface area is 158 Å². The minimum atomic E-state index is -0.725. The van der Waals surface area contributed by atoms with Crippen LogP contribution in [0.5, 0.6) is 5.75 Å². The smallest absolute Gasteiger partial charge is 0.408 e. The van der Waals surface area contributed by atoms with Crippen molar-refractivity contribution >= 4 is 6.09 Å². The van der Waals surface area contributed by atoms with E-state index < -0.39 is 17.2 Å². The molecular weight excluding hydrogens is 330 g/mol. The average Bonchev–Trinajstić information content (AvgIpc) is 2.56.